The number of carbonyl (C=O) groups excluding carboxylic acids is 3. The van der Waals surface area contributed by atoms with Crippen LogP contribution in [0.3, 0.4) is 0 Å². The van der Waals surface area contributed by atoms with E-state index in [0.29, 0.717) is 24.9 Å². The van der Waals surface area contributed by atoms with Gasteiger partial charge >= 0.3 is 0 Å². The second-order valence-corrected chi connectivity index (χ2v) is 9.68. The molecule has 0 radical (unpaired) electrons. The van der Waals surface area contributed by atoms with Gasteiger partial charge in [-0.3, -0.25) is 29.5 Å². The molecule has 0 saturated carbocycles. The Morgan fingerprint density at radius 1 is 1.19 bits per heavy atom. The fraction of sp³-hybridized carbons (Fsp3) is 0.625. The summed E-state index contributed by atoms with van der Waals surface area (Å²) in [4.78, 5) is 40.8. The smallest absolute Gasteiger partial charge is 0.243 e. The Bertz CT molecular complexity index is 783. The maximum atomic E-state index is 12.2. The Kier molecular flexibility index (Phi) is 10.2. The van der Waals surface area contributed by atoms with Crippen molar-refractivity contribution in [3.8, 4) is 0 Å². The van der Waals surface area contributed by atoms with Crippen LogP contribution in [0.25, 0.3) is 0 Å². The molecule has 7 nitrogen and oxygen atoms in total. The average molecular weight is 462 g/mol. The number of imide groups is 1. The molecule has 2 aliphatic heterocycles. The molecule has 2 aliphatic rings. The molecule has 1 aromatic rings. The molecule has 3 rings (SSSR count). The number of hydrogen-bond acceptors (Lipinski definition) is 7. The maximum absolute atomic E-state index is 12.2. The molecule has 2 fully saturated rings. The first-order chi connectivity index (χ1) is 15.6. The van der Waals surface area contributed by atoms with Crippen LogP contribution in [-0.4, -0.2) is 79.6 Å². The molecule has 2 heterocycles. The number of nitrogens with zero attached hydrogens (tertiary/aromatic N) is 2. The molecule has 8 heteroatoms. The normalized spacial score (nSPS) is 19.9. The standard InChI is InChI=1S/C24H35N3O4S/c1-26(21-9-10-23(29)25-24(21)30)17-20-19(18-28)7-6-8-22(20)32-16-5-3-2-4-11-27-12-14-31-15-13-27/h6-8,18,21H,2-5,9-17H2,1H3,(H,25,29,30). The molecule has 32 heavy (non-hydrogen) atoms. The number of unbranched alkanes of at least 4 members (excludes halogenated alkanes) is 3. The topological polar surface area (TPSA) is 79.0 Å². The maximum Gasteiger partial charge on any atom is 0.243 e. The van der Waals surface area contributed by atoms with Crippen LogP contribution in [0.4, 0.5) is 0 Å². The highest BCUT2D eigenvalue weighted by molar-refractivity contribution is 7.99. The summed E-state index contributed by atoms with van der Waals surface area (Å²) in [5, 5.41) is 2.42. The second-order valence-electron chi connectivity index (χ2n) is 8.54. The Morgan fingerprint density at radius 2 is 1.97 bits per heavy atom. The Labute approximate surface area is 195 Å². The van der Waals surface area contributed by atoms with Gasteiger partial charge in [-0.15, -0.1) is 11.8 Å². The summed E-state index contributed by atoms with van der Waals surface area (Å²) in [7, 11) is 1.88. The zero-order valence-corrected chi connectivity index (χ0v) is 19.8. The molecule has 1 aromatic carbocycles. The van der Waals surface area contributed by atoms with Gasteiger partial charge in [0, 0.05) is 36.5 Å². The minimum absolute atomic E-state index is 0.214. The number of nitrogens with one attached hydrogen (secondary N) is 1. The SMILES string of the molecule is CN(Cc1c(C=O)cccc1SCCCCCCN1CCOCC1)C1CCC(=O)NC1=O. The van der Waals surface area contributed by atoms with Crippen molar-refractivity contribution in [1.82, 2.24) is 15.1 Å². The van der Waals surface area contributed by atoms with Crippen molar-refractivity contribution in [2.75, 3.05) is 45.6 Å². The molecule has 1 atom stereocenters. The number of hydrogen-bond donors (Lipinski definition) is 1. The van der Waals surface area contributed by atoms with Crippen molar-refractivity contribution in [2.24, 2.45) is 0 Å². The van der Waals surface area contributed by atoms with Gasteiger partial charge < -0.3 is 4.74 Å². The van der Waals surface area contributed by atoms with Crippen LogP contribution in [0.2, 0.25) is 0 Å². The van der Waals surface area contributed by atoms with E-state index in [1.807, 2.05) is 24.1 Å². The van der Waals surface area contributed by atoms with Crippen LogP contribution in [-0.2, 0) is 20.9 Å². The van der Waals surface area contributed by atoms with Gasteiger partial charge in [0.25, 0.3) is 0 Å². The molecular weight excluding hydrogens is 426 g/mol. The third-order valence-electron chi connectivity index (χ3n) is 6.18. The summed E-state index contributed by atoms with van der Waals surface area (Å²) in [5.74, 6) is 0.544. The van der Waals surface area contributed by atoms with Gasteiger partial charge in [0.05, 0.1) is 19.3 Å². The molecule has 0 spiro atoms. The molecule has 2 amide bonds. The predicted molar refractivity (Wildman–Crippen MR) is 126 cm³/mol. The van der Waals surface area contributed by atoms with Gasteiger partial charge in [0.15, 0.2) is 0 Å². The van der Waals surface area contributed by atoms with Crippen molar-refractivity contribution in [2.45, 2.75) is 56.0 Å². The van der Waals surface area contributed by atoms with E-state index < -0.39 is 0 Å². The lowest BCUT2D eigenvalue weighted by Gasteiger charge is -2.30. The number of aldehydes is 1. The second kappa shape index (κ2) is 13.1. The fourth-order valence-electron chi connectivity index (χ4n) is 4.26. The van der Waals surface area contributed by atoms with Gasteiger partial charge in [-0.1, -0.05) is 25.0 Å². The molecule has 1 N–H and O–H groups in total. The van der Waals surface area contributed by atoms with Gasteiger partial charge in [-0.2, -0.15) is 0 Å². The van der Waals surface area contributed by atoms with E-state index in [2.05, 4.69) is 16.3 Å². The van der Waals surface area contributed by atoms with Crippen LogP contribution < -0.4 is 5.32 Å². The minimum Gasteiger partial charge on any atom is -0.379 e. The largest absolute Gasteiger partial charge is 0.379 e. The lowest BCUT2D eigenvalue weighted by atomic mass is 10.0. The zero-order valence-electron chi connectivity index (χ0n) is 19.0. The lowest BCUT2D eigenvalue weighted by molar-refractivity contribution is -0.137. The number of thioether (sulfide) groups is 1. The Morgan fingerprint density at radius 3 is 2.72 bits per heavy atom. The van der Waals surface area contributed by atoms with Crippen molar-refractivity contribution in [3.05, 3.63) is 29.3 Å². The molecule has 0 aromatic heterocycles. The number of morpholine rings is 1. The van der Waals surface area contributed by atoms with Crippen LogP contribution >= 0.6 is 11.8 Å². The number of likely N-dealkylation sites (N-methyl/N-ethyl adjacent to an activating group) is 1. The highest BCUT2D eigenvalue weighted by atomic mass is 32.2. The van der Waals surface area contributed by atoms with E-state index in [-0.39, 0.29) is 17.9 Å². The monoisotopic (exact) mass is 461 g/mol. The Balaban J connectivity index is 1.46. The average Bonchev–Trinajstić information content (AvgIpc) is 2.79. The van der Waals surface area contributed by atoms with E-state index >= 15 is 0 Å². The fourth-order valence-corrected chi connectivity index (χ4v) is 5.36. The van der Waals surface area contributed by atoms with Gasteiger partial charge in [-0.05, 0) is 50.2 Å². The number of ether oxygens (including phenoxy) is 1. The molecule has 1 unspecified atom stereocenters. The van der Waals surface area contributed by atoms with E-state index in [1.54, 1.807) is 11.8 Å². The lowest BCUT2D eigenvalue weighted by Crippen LogP contribution is -2.51. The van der Waals surface area contributed by atoms with Crippen molar-refractivity contribution >= 4 is 29.9 Å². The summed E-state index contributed by atoms with van der Waals surface area (Å²) in [5.41, 5.74) is 1.63. The first-order valence-corrected chi connectivity index (χ1v) is 12.6. The van der Waals surface area contributed by atoms with E-state index in [1.165, 1.54) is 19.3 Å². The molecule has 2 saturated heterocycles. The third kappa shape index (κ3) is 7.40. The summed E-state index contributed by atoms with van der Waals surface area (Å²) in [6, 6.07) is 5.46. The van der Waals surface area contributed by atoms with Gasteiger partial charge in [0.1, 0.15) is 6.29 Å². The van der Waals surface area contributed by atoms with E-state index in [9.17, 15) is 14.4 Å². The third-order valence-corrected chi connectivity index (χ3v) is 7.36. The van der Waals surface area contributed by atoms with Gasteiger partial charge in [0.2, 0.25) is 11.8 Å². The van der Waals surface area contributed by atoms with Gasteiger partial charge in [-0.25, -0.2) is 0 Å². The number of rotatable bonds is 12. The minimum atomic E-state index is -0.350. The van der Waals surface area contributed by atoms with E-state index in [4.69, 9.17) is 4.74 Å². The van der Waals surface area contributed by atoms with Crippen molar-refractivity contribution in [3.63, 3.8) is 0 Å². The number of benzene rings is 1. The summed E-state index contributed by atoms with van der Waals surface area (Å²) in [6.45, 7) is 5.49. The van der Waals surface area contributed by atoms with Crippen molar-refractivity contribution < 1.29 is 19.1 Å². The quantitative estimate of drug-likeness (QED) is 0.222. The molecular formula is C24H35N3O4S. The Hall–Kier alpha value is -1.74. The van der Waals surface area contributed by atoms with Crippen LogP contribution in [0, 0.1) is 0 Å². The highest BCUT2D eigenvalue weighted by Crippen LogP contribution is 2.28. The summed E-state index contributed by atoms with van der Waals surface area (Å²) >= 11 is 1.79. The number of carbonyl (C=O) groups is 3. The van der Waals surface area contributed by atoms with E-state index in [0.717, 1.165) is 61.8 Å². The van der Waals surface area contributed by atoms with Crippen molar-refractivity contribution in [1.29, 1.82) is 0 Å². The summed E-state index contributed by atoms with van der Waals surface area (Å²) < 4.78 is 5.39. The van der Waals surface area contributed by atoms with Crippen LogP contribution in [0.15, 0.2) is 23.1 Å². The first-order valence-electron chi connectivity index (χ1n) is 11.6. The molecule has 0 bridgehead atoms. The molecule has 176 valence electrons. The highest BCUT2D eigenvalue weighted by Gasteiger charge is 2.30. The summed E-state index contributed by atoms with van der Waals surface area (Å²) in [6.07, 6.45) is 6.56. The molecule has 0 aliphatic carbocycles. The first kappa shape index (κ1) is 24.9. The zero-order chi connectivity index (χ0) is 22.8. The van der Waals surface area contributed by atoms with Crippen LogP contribution in [0.5, 0.6) is 0 Å². The predicted octanol–water partition coefficient (Wildman–Crippen LogP) is 2.72. The number of amides is 2. The van der Waals surface area contributed by atoms with Crippen LogP contribution in [0.1, 0.15) is 54.4 Å². The number of piperidine rings is 1.